The van der Waals surface area contributed by atoms with Crippen LogP contribution in [0.4, 0.5) is 0 Å². The van der Waals surface area contributed by atoms with Crippen molar-refractivity contribution in [3.8, 4) is 0 Å². The van der Waals surface area contributed by atoms with Gasteiger partial charge in [0.2, 0.25) is 0 Å². The summed E-state index contributed by atoms with van der Waals surface area (Å²) < 4.78 is 11.8. The molecule has 1 aromatic rings. The Morgan fingerprint density at radius 2 is 2.03 bits per heavy atom. The van der Waals surface area contributed by atoms with E-state index in [1.807, 2.05) is 24.3 Å². The lowest BCUT2D eigenvalue weighted by atomic mass is 9.94. The minimum Gasteiger partial charge on any atom is -0.491 e. The highest BCUT2D eigenvalue weighted by Gasteiger charge is 2.29. The summed E-state index contributed by atoms with van der Waals surface area (Å²) in [7, 11) is 0. The lowest BCUT2D eigenvalue weighted by Crippen LogP contribution is -2.23. The Kier molecular flexibility index (Phi) is 8.69. The molecule has 0 radical (unpaired) electrons. The van der Waals surface area contributed by atoms with E-state index < -0.39 is 6.10 Å². The molecule has 2 aliphatic rings. The zero-order chi connectivity index (χ0) is 22.2. The predicted molar refractivity (Wildman–Crippen MR) is 131 cm³/mol. The van der Waals surface area contributed by atoms with Gasteiger partial charge in [-0.15, -0.1) is 11.8 Å². The average molecular weight is 457 g/mol. The van der Waals surface area contributed by atoms with E-state index in [4.69, 9.17) is 21.7 Å². The molecular formula is C25H28O4S2. The van der Waals surface area contributed by atoms with E-state index in [0.29, 0.717) is 25.0 Å². The molecule has 1 N–H and O–H groups in total. The number of thiocarbonyl (C=S) groups is 1. The van der Waals surface area contributed by atoms with Crippen LogP contribution in [0, 0.1) is 5.92 Å². The van der Waals surface area contributed by atoms with Crippen molar-refractivity contribution >= 4 is 39.7 Å². The highest BCUT2D eigenvalue weighted by molar-refractivity contribution is 8.25. The molecule has 1 heterocycles. The number of aliphatic hydroxyl groups is 1. The molecule has 0 saturated carbocycles. The summed E-state index contributed by atoms with van der Waals surface area (Å²) in [6.45, 7) is 5.74. The first kappa shape index (κ1) is 23.5. The Balaban J connectivity index is 1.43. The fourth-order valence-electron chi connectivity index (χ4n) is 3.33. The van der Waals surface area contributed by atoms with Gasteiger partial charge in [-0.1, -0.05) is 61.3 Å². The zero-order valence-corrected chi connectivity index (χ0v) is 19.3. The SMILES string of the molecule is C=C(C)C(=O)OCCCCC(O)COC1=CC2SC(=S)C(c3ccccc3)=CC2C=C1. The van der Waals surface area contributed by atoms with Gasteiger partial charge in [0.1, 0.15) is 12.4 Å². The number of thioether (sulfide) groups is 1. The minimum atomic E-state index is -0.562. The average Bonchev–Trinajstić information content (AvgIpc) is 2.77. The first-order valence-corrected chi connectivity index (χ1v) is 11.7. The number of hydrogen-bond donors (Lipinski definition) is 1. The highest BCUT2D eigenvalue weighted by atomic mass is 32.2. The normalized spacial score (nSPS) is 20.9. The molecule has 1 aromatic carbocycles. The molecule has 6 heteroatoms. The van der Waals surface area contributed by atoms with Crippen LogP contribution in [0.5, 0.6) is 0 Å². The lowest BCUT2D eigenvalue weighted by molar-refractivity contribution is -0.139. The summed E-state index contributed by atoms with van der Waals surface area (Å²) in [5.74, 6) is 0.664. The predicted octanol–water partition coefficient (Wildman–Crippen LogP) is 5.25. The number of fused-ring (bicyclic) bond motifs is 1. The van der Waals surface area contributed by atoms with Crippen molar-refractivity contribution in [2.45, 2.75) is 37.5 Å². The Morgan fingerprint density at radius 3 is 2.77 bits per heavy atom. The van der Waals surface area contributed by atoms with Gasteiger partial charge in [0, 0.05) is 22.3 Å². The molecule has 3 unspecified atom stereocenters. The maximum absolute atomic E-state index is 11.3. The first-order chi connectivity index (χ1) is 14.9. The van der Waals surface area contributed by atoms with Crippen LogP contribution in [0.1, 0.15) is 31.7 Å². The van der Waals surface area contributed by atoms with Crippen LogP contribution in [0.15, 0.2) is 72.5 Å². The van der Waals surface area contributed by atoms with Gasteiger partial charge in [0.15, 0.2) is 0 Å². The van der Waals surface area contributed by atoms with Crippen LogP contribution in [0.2, 0.25) is 0 Å². The fourth-order valence-corrected chi connectivity index (χ4v) is 4.94. The topological polar surface area (TPSA) is 55.8 Å². The van der Waals surface area contributed by atoms with Crippen molar-refractivity contribution in [3.05, 3.63) is 78.1 Å². The highest BCUT2D eigenvalue weighted by Crippen LogP contribution is 2.40. The number of benzene rings is 1. The van der Waals surface area contributed by atoms with E-state index in [-0.39, 0.29) is 23.7 Å². The van der Waals surface area contributed by atoms with Crippen molar-refractivity contribution in [2.24, 2.45) is 5.92 Å². The number of ether oxygens (including phenoxy) is 2. The number of carbonyl (C=O) groups excluding carboxylic acids is 1. The molecule has 4 nitrogen and oxygen atoms in total. The van der Waals surface area contributed by atoms with E-state index in [1.54, 1.807) is 18.7 Å². The van der Waals surface area contributed by atoms with E-state index in [2.05, 4.69) is 36.9 Å². The third kappa shape index (κ3) is 6.92. The van der Waals surface area contributed by atoms with Crippen molar-refractivity contribution in [1.82, 2.24) is 0 Å². The van der Waals surface area contributed by atoms with Crippen LogP contribution in [0.3, 0.4) is 0 Å². The van der Waals surface area contributed by atoms with E-state index in [1.165, 1.54) is 0 Å². The van der Waals surface area contributed by atoms with Crippen molar-refractivity contribution in [2.75, 3.05) is 13.2 Å². The Bertz CT molecular complexity index is 901. The quantitative estimate of drug-likeness (QED) is 0.225. The largest absolute Gasteiger partial charge is 0.491 e. The molecule has 0 fully saturated rings. The fraction of sp³-hybridized carbons (Fsp3) is 0.360. The number of aliphatic hydroxyl groups excluding tert-OH is 1. The van der Waals surface area contributed by atoms with Gasteiger partial charge in [-0.05, 0) is 43.9 Å². The van der Waals surface area contributed by atoms with Crippen LogP contribution in [0.25, 0.3) is 5.57 Å². The molecule has 1 aliphatic carbocycles. The molecule has 0 spiro atoms. The number of unbranched alkanes of at least 4 members (excludes halogenated alkanes) is 1. The van der Waals surface area contributed by atoms with E-state index >= 15 is 0 Å². The standard InChI is InChI=1S/C25H28O4S2/c1-17(2)24(27)28-13-7-6-10-20(26)16-29-21-12-11-19-14-22(18-8-4-3-5-9-18)25(30)31-23(19)15-21/h3-5,8-9,11-12,14-15,19-20,23,26H,1,6-7,10,13,16H2,2H3. The second-order valence-corrected chi connectivity index (χ2v) is 9.55. The third-order valence-electron chi connectivity index (χ3n) is 5.05. The molecule has 31 heavy (non-hydrogen) atoms. The molecule has 1 aliphatic heterocycles. The second kappa shape index (κ2) is 11.5. The van der Waals surface area contributed by atoms with Gasteiger partial charge in [-0.3, -0.25) is 0 Å². The third-order valence-corrected chi connectivity index (χ3v) is 6.72. The summed E-state index contributed by atoms with van der Waals surface area (Å²) in [4.78, 5) is 11.3. The molecule has 0 aromatic heterocycles. The summed E-state index contributed by atoms with van der Waals surface area (Å²) >= 11 is 7.33. The first-order valence-electron chi connectivity index (χ1n) is 10.5. The van der Waals surface area contributed by atoms with Gasteiger partial charge in [-0.25, -0.2) is 4.79 Å². The molecule has 3 rings (SSSR count). The second-order valence-electron chi connectivity index (χ2n) is 7.70. The molecule has 0 saturated heterocycles. The van der Waals surface area contributed by atoms with Gasteiger partial charge < -0.3 is 14.6 Å². The van der Waals surface area contributed by atoms with E-state index in [0.717, 1.165) is 27.5 Å². The lowest BCUT2D eigenvalue weighted by Gasteiger charge is -2.29. The summed E-state index contributed by atoms with van der Waals surface area (Å²) in [6, 6.07) is 10.2. The molecular weight excluding hydrogens is 428 g/mol. The molecule has 164 valence electrons. The Labute approximate surface area is 193 Å². The van der Waals surface area contributed by atoms with Crippen molar-refractivity contribution < 1.29 is 19.4 Å². The maximum Gasteiger partial charge on any atom is 0.333 e. The van der Waals surface area contributed by atoms with Gasteiger partial charge in [0.05, 0.1) is 16.9 Å². The zero-order valence-electron chi connectivity index (χ0n) is 17.7. The number of hydrogen-bond acceptors (Lipinski definition) is 6. The summed E-state index contributed by atoms with van der Waals surface area (Å²) in [6.07, 6.45) is 9.92. The van der Waals surface area contributed by atoms with Crippen LogP contribution in [-0.4, -0.2) is 39.8 Å². The number of rotatable bonds is 10. The van der Waals surface area contributed by atoms with Crippen LogP contribution < -0.4 is 0 Å². The molecule has 0 amide bonds. The van der Waals surface area contributed by atoms with Crippen molar-refractivity contribution in [1.29, 1.82) is 0 Å². The van der Waals surface area contributed by atoms with Gasteiger partial charge >= 0.3 is 5.97 Å². The molecule has 0 bridgehead atoms. The maximum atomic E-state index is 11.3. The van der Waals surface area contributed by atoms with Crippen LogP contribution in [-0.2, 0) is 14.3 Å². The smallest absolute Gasteiger partial charge is 0.333 e. The Hall–Kier alpha value is -2.15. The number of esters is 1. The van der Waals surface area contributed by atoms with Gasteiger partial charge in [0.25, 0.3) is 0 Å². The summed E-state index contributed by atoms with van der Waals surface area (Å²) in [5, 5.41) is 10.4. The van der Waals surface area contributed by atoms with E-state index in [9.17, 15) is 9.90 Å². The van der Waals surface area contributed by atoms with Crippen LogP contribution >= 0.6 is 24.0 Å². The number of carbonyl (C=O) groups is 1. The van der Waals surface area contributed by atoms with Gasteiger partial charge in [-0.2, -0.15) is 0 Å². The monoisotopic (exact) mass is 456 g/mol. The Morgan fingerprint density at radius 1 is 1.26 bits per heavy atom. The van der Waals surface area contributed by atoms with Crippen molar-refractivity contribution in [3.63, 3.8) is 0 Å². The number of allylic oxidation sites excluding steroid dienone is 3. The minimum absolute atomic E-state index is 0.208. The molecule has 3 atom stereocenters. The summed E-state index contributed by atoms with van der Waals surface area (Å²) in [5.41, 5.74) is 2.66.